The predicted molar refractivity (Wildman–Crippen MR) is 56.7 cm³/mol. The Balaban J connectivity index is 2.96. The van der Waals surface area contributed by atoms with Gasteiger partial charge in [0, 0.05) is 18.0 Å². The van der Waals surface area contributed by atoms with E-state index < -0.39 is 25.2 Å². The number of rotatable bonds is 5. The molecular weight excluding hydrogens is 253 g/mol. The van der Waals surface area contributed by atoms with Crippen LogP contribution in [0.4, 0.5) is 18.9 Å². The van der Waals surface area contributed by atoms with E-state index in [0.29, 0.717) is 4.90 Å². The molecule has 8 heteroatoms. The van der Waals surface area contributed by atoms with Crippen LogP contribution in [0.3, 0.4) is 0 Å². The van der Waals surface area contributed by atoms with Gasteiger partial charge in [0.25, 0.3) is 0 Å². The molecule has 18 heavy (non-hydrogen) atoms. The number of nitrogens with zero attached hydrogens (tertiary/aromatic N) is 2. The molecule has 0 bridgehead atoms. The first-order valence-corrected chi connectivity index (χ1v) is 4.85. The predicted octanol–water partition coefficient (Wildman–Crippen LogP) is 1.54. The van der Waals surface area contributed by atoms with Crippen LogP contribution in [0.2, 0.25) is 0 Å². The molecule has 0 fully saturated rings. The van der Waals surface area contributed by atoms with Crippen LogP contribution in [0.5, 0.6) is 5.88 Å². The first-order chi connectivity index (χ1) is 8.31. The van der Waals surface area contributed by atoms with Gasteiger partial charge in [-0.2, -0.15) is 13.2 Å². The van der Waals surface area contributed by atoms with E-state index in [0.717, 1.165) is 0 Å². The van der Waals surface area contributed by atoms with Crippen LogP contribution in [-0.4, -0.2) is 42.4 Å². The van der Waals surface area contributed by atoms with Gasteiger partial charge in [-0.3, -0.25) is 4.79 Å². The van der Waals surface area contributed by atoms with Gasteiger partial charge in [0.1, 0.15) is 13.1 Å². The zero-order valence-electron chi connectivity index (χ0n) is 9.44. The van der Waals surface area contributed by atoms with Crippen LogP contribution in [0.1, 0.15) is 0 Å². The van der Waals surface area contributed by atoms with Crippen LogP contribution in [-0.2, 0) is 4.79 Å². The Hall–Kier alpha value is -1.99. The molecule has 0 amide bonds. The van der Waals surface area contributed by atoms with E-state index in [1.165, 1.54) is 25.4 Å². The number of pyridine rings is 1. The topological polar surface area (TPSA) is 62.7 Å². The summed E-state index contributed by atoms with van der Waals surface area (Å²) in [6.07, 6.45) is -3.24. The highest BCUT2D eigenvalue weighted by Crippen LogP contribution is 2.23. The molecule has 1 aromatic heterocycles. The monoisotopic (exact) mass is 264 g/mol. The number of anilines is 1. The molecule has 1 aromatic rings. The smallest absolute Gasteiger partial charge is 0.405 e. The molecule has 0 aliphatic rings. The Morgan fingerprint density at radius 2 is 2.22 bits per heavy atom. The highest BCUT2D eigenvalue weighted by molar-refractivity contribution is 5.73. The summed E-state index contributed by atoms with van der Waals surface area (Å²) < 4.78 is 41.8. The van der Waals surface area contributed by atoms with E-state index in [4.69, 9.17) is 9.84 Å². The molecule has 0 aliphatic carbocycles. The minimum absolute atomic E-state index is 0.0848. The number of aromatic nitrogens is 1. The van der Waals surface area contributed by atoms with Gasteiger partial charge in [-0.25, -0.2) is 4.98 Å². The van der Waals surface area contributed by atoms with Crippen molar-refractivity contribution in [2.45, 2.75) is 6.18 Å². The average molecular weight is 264 g/mol. The van der Waals surface area contributed by atoms with Crippen LogP contribution >= 0.6 is 0 Å². The summed E-state index contributed by atoms with van der Waals surface area (Å²) in [5, 5.41) is 8.61. The number of alkyl halides is 3. The van der Waals surface area contributed by atoms with Gasteiger partial charge in [0.15, 0.2) is 0 Å². The second-order valence-corrected chi connectivity index (χ2v) is 3.42. The average Bonchev–Trinajstić information content (AvgIpc) is 2.26. The van der Waals surface area contributed by atoms with Gasteiger partial charge in [-0.15, -0.1) is 0 Å². The Morgan fingerprint density at radius 1 is 1.56 bits per heavy atom. The molecule has 100 valence electrons. The van der Waals surface area contributed by atoms with Crippen molar-refractivity contribution in [2.75, 3.05) is 25.1 Å². The number of halogens is 3. The molecular formula is C10H11F3N2O3. The zero-order valence-corrected chi connectivity index (χ0v) is 9.44. The summed E-state index contributed by atoms with van der Waals surface area (Å²) in [5.74, 6) is -1.24. The summed E-state index contributed by atoms with van der Waals surface area (Å²) >= 11 is 0. The number of aliphatic carboxylic acids is 1. The molecule has 1 N–H and O–H groups in total. The number of methoxy groups -OCH3 is 1. The SMILES string of the molecule is COc1cc(N(CC(=O)O)CC(F)(F)F)ccn1. The number of carboxylic acid groups (broad SMARTS) is 1. The summed E-state index contributed by atoms with van der Waals surface area (Å²) in [6, 6.07) is 2.53. The number of hydrogen-bond acceptors (Lipinski definition) is 4. The number of carboxylic acids is 1. The molecule has 5 nitrogen and oxygen atoms in total. The molecule has 0 aromatic carbocycles. The van der Waals surface area contributed by atoms with Crippen molar-refractivity contribution >= 4 is 11.7 Å². The highest BCUT2D eigenvalue weighted by Gasteiger charge is 2.32. The lowest BCUT2D eigenvalue weighted by atomic mass is 10.3. The van der Waals surface area contributed by atoms with E-state index in [1.54, 1.807) is 0 Å². The third-order valence-electron chi connectivity index (χ3n) is 1.99. The first kappa shape index (κ1) is 14.1. The molecule has 0 atom stereocenters. The van der Waals surface area contributed by atoms with Gasteiger partial charge in [-0.05, 0) is 6.07 Å². The maximum atomic E-state index is 12.3. The first-order valence-electron chi connectivity index (χ1n) is 4.85. The van der Waals surface area contributed by atoms with Crippen molar-refractivity contribution in [3.8, 4) is 5.88 Å². The Kier molecular flexibility index (Phi) is 4.35. The van der Waals surface area contributed by atoms with Crippen LogP contribution in [0.15, 0.2) is 18.3 Å². The van der Waals surface area contributed by atoms with E-state index in [9.17, 15) is 18.0 Å². The van der Waals surface area contributed by atoms with Crippen molar-refractivity contribution in [3.05, 3.63) is 18.3 Å². The molecule has 0 radical (unpaired) electrons. The second kappa shape index (κ2) is 5.56. The standard InChI is InChI=1S/C10H11F3N2O3/c1-18-8-4-7(2-3-14-8)15(5-9(16)17)6-10(11,12)13/h2-4H,5-6H2,1H3,(H,16,17). The molecule has 1 heterocycles. The van der Waals surface area contributed by atoms with E-state index in [-0.39, 0.29) is 11.6 Å². The van der Waals surface area contributed by atoms with Crippen molar-refractivity contribution in [1.82, 2.24) is 4.98 Å². The third kappa shape index (κ3) is 4.48. The van der Waals surface area contributed by atoms with Crippen LogP contribution < -0.4 is 9.64 Å². The van der Waals surface area contributed by atoms with E-state index in [2.05, 4.69) is 4.98 Å². The normalized spacial score (nSPS) is 11.1. The van der Waals surface area contributed by atoms with Crippen molar-refractivity contribution in [1.29, 1.82) is 0 Å². The van der Waals surface area contributed by atoms with E-state index in [1.807, 2.05) is 0 Å². The number of hydrogen-bond donors (Lipinski definition) is 1. The van der Waals surface area contributed by atoms with Gasteiger partial charge in [0.05, 0.1) is 7.11 Å². The van der Waals surface area contributed by atoms with Gasteiger partial charge in [-0.1, -0.05) is 0 Å². The van der Waals surface area contributed by atoms with Crippen LogP contribution in [0.25, 0.3) is 0 Å². The molecule has 1 rings (SSSR count). The van der Waals surface area contributed by atoms with Gasteiger partial charge in [0.2, 0.25) is 5.88 Å². The largest absolute Gasteiger partial charge is 0.481 e. The Labute approximate surface area is 101 Å². The van der Waals surface area contributed by atoms with Crippen molar-refractivity contribution in [2.24, 2.45) is 0 Å². The zero-order chi connectivity index (χ0) is 13.8. The molecule has 0 aliphatic heterocycles. The fourth-order valence-electron chi connectivity index (χ4n) is 1.33. The fraction of sp³-hybridized carbons (Fsp3) is 0.400. The minimum atomic E-state index is -4.49. The van der Waals surface area contributed by atoms with Crippen molar-refractivity contribution < 1.29 is 27.8 Å². The highest BCUT2D eigenvalue weighted by atomic mass is 19.4. The molecule has 0 saturated heterocycles. The minimum Gasteiger partial charge on any atom is -0.481 e. The van der Waals surface area contributed by atoms with Crippen molar-refractivity contribution in [3.63, 3.8) is 0 Å². The maximum absolute atomic E-state index is 12.3. The third-order valence-corrected chi connectivity index (χ3v) is 1.99. The van der Waals surface area contributed by atoms with E-state index >= 15 is 0 Å². The lowest BCUT2D eigenvalue weighted by Gasteiger charge is -2.24. The summed E-state index contributed by atoms with van der Waals surface area (Å²) in [7, 11) is 1.32. The Bertz CT molecular complexity index is 423. The summed E-state index contributed by atoms with van der Waals surface area (Å²) in [5.41, 5.74) is 0.0848. The molecule has 0 unspecified atom stereocenters. The lowest BCUT2D eigenvalue weighted by molar-refractivity contribution is -0.136. The lowest BCUT2D eigenvalue weighted by Crippen LogP contribution is -2.37. The molecule has 0 saturated carbocycles. The number of ether oxygens (including phenoxy) is 1. The number of carbonyl (C=O) groups is 1. The second-order valence-electron chi connectivity index (χ2n) is 3.42. The van der Waals surface area contributed by atoms with Crippen LogP contribution in [0, 0.1) is 0 Å². The summed E-state index contributed by atoms with van der Waals surface area (Å²) in [4.78, 5) is 15.0. The molecule has 0 spiro atoms. The maximum Gasteiger partial charge on any atom is 0.405 e. The summed E-state index contributed by atoms with van der Waals surface area (Å²) in [6.45, 7) is -2.11. The fourth-order valence-corrected chi connectivity index (χ4v) is 1.33. The van der Waals surface area contributed by atoms with Gasteiger partial charge >= 0.3 is 12.1 Å². The van der Waals surface area contributed by atoms with Gasteiger partial charge < -0.3 is 14.7 Å². The quantitative estimate of drug-likeness (QED) is 0.874. The Morgan fingerprint density at radius 3 is 2.72 bits per heavy atom.